The number of nitrogens with zero attached hydrogens (tertiary/aromatic N) is 3. The van der Waals surface area contributed by atoms with Gasteiger partial charge in [0.25, 0.3) is 0 Å². The Labute approximate surface area is 150 Å². The Balaban J connectivity index is 1.83. The molecule has 0 bridgehead atoms. The number of ether oxygens (including phenoxy) is 3. The zero-order valence-electron chi connectivity index (χ0n) is 15.4. The first kappa shape index (κ1) is 19.5. The van der Waals surface area contributed by atoms with E-state index in [0.29, 0.717) is 26.2 Å². The smallest absolute Gasteiger partial charge is 0.161 e. The molecule has 1 aromatic rings. The van der Waals surface area contributed by atoms with Crippen LogP contribution in [0.25, 0.3) is 0 Å². The number of nitriles is 1. The predicted octanol–water partition coefficient (Wildman–Crippen LogP) is 2.14. The highest BCUT2D eigenvalue weighted by Crippen LogP contribution is 2.28. The van der Waals surface area contributed by atoms with Gasteiger partial charge in [-0.25, -0.2) is 0 Å². The van der Waals surface area contributed by atoms with Gasteiger partial charge in [0, 0.05) is 52.3 Å². The number of hydrogen-bond acceptors (Lipinski definition) is 6. The molecule has 0 aliphatic carbocycles. The van der Waals surface area contributed by atoms with E-state index in [2.05, 4.69) is 28.0 Å². The number of piperazine rings is 1. The molecule has 0 radical (unpaired) electrons. The Bertz CT molecular complexity index is 551. The van der Waals surface area contributed by atoms with Gasteiger partial charge in [0.05, 0.1) is 19.8 Å². The van der Waals surface area contributed by atoms with Gasteiger partial charge in [0.2, 0.25) is 0 Å². The van der Waals surface area contributed by atoms with Crippen LogP contribution in [0.15, 0.2) is 18.2 Å². The van der Waals surface area contributed by atoms with E-state index in [1.807, 2.05) is 13.0 Å². The van der Waals surface area contributed by atoms with Crippen molar-refractivity contribution in [2.24, 2.45) is 0 Å². The zero-order chi connectivity index (χ0) is 17.9. The lowest BCUT2D eigenvalue weighted by Crippen LogP contribution is -2.46. The number of benzene rings is 1. The van der Waals surface area contributed by atoms with Crippen molar-refractivity contribution in [3.05, 3.63) is 23.8 Å². The summed E-state index contributed by atoms with van der Waals surface area (Å²) < 4.78 is 16.5. The molecule has 0 N–H and O–H groups in total. The minimum Gasteiger partial charge on any atom is -0.493 e. The van der Waals surface area contributed by atoms with Gasteiger partial charge in [0.15, 0.2) is 11.5 Å². The topological polar surface area (TPSA) is 58.0 Å². The van der Waals surface area contributed by atoms with E-state index in [1.165, 1.54) is 5.56 Å². The van der Waals surface area contributed by atoms with Crippen LogP contribution in [0, 0.1) is 11.3 Å². The van der Waals surface area contributed by atoms with Crippen LogP contribution >= 0.6 is 0 Å². The zero-order valence-corrected chi connectivity index (χ0v) is 15.4. The summed E-state index contributed by atoms with van der Waals surface area (Å²) in [5, 5.41) is 8.68. The van der Waals surface area contributed by atoms with Gasteiger partial charge >= 0.3 is 0 Å². The van der Waals surface area contributed by atoms with Gasteiger partial charge < -0.3 is 14.2 Å². The van der Waals surface area contributed by atoms with Crippen molar-refractivity contribution >= 4 is 0 Å². The van der Waals surface area contributed by atoms with Gasteiger partial charge in [-0.05, 0) is 24.6 Å². The Morgan fingerprint density at radius 1 is 1.08 bits per heavy atom. The summed E-state index contributed by atoms with van der Waals surface area (Å²) >= 11 is 0. The lowest BCUT2D eigenvalue weighted by atomic mass is 10.1. The molecule has 1 saturated heterocycles. The van der Waals surface area contributed by atoms with Crippen LogP contribution in [-0.2, 0) is 11.3 Å². The second-order valence-corrected chi connectivity index (χ2v) is 6.06. The maximum Gasteiger partial charge on any atom is 0.161 e. The summed E-state index contributed by atoms with van der Waals surface area (Å²) in [4.78, 5) is 4.79. The van der Waals surface area contributed by atoms with Crippen LogP contribution in [0.2, 0.25) is 0 Å². The van der Waals surface area contributed by atoms with E-state index in [4.69, 9.17) is 19.5 Å². The number of rotatable bonds is 10. The Hall–Kier alpha value is -1.81. The Kier molecular flexibility index (Phi) is 8.53. The predicted molar refractivity (Wildman–Crippen MR) is 96.9 cm³/mol. The van der Waals surface area contributed by atoms with E-state index >= 15 is 0 Å². The van der Waals surface area contributed by atoms with E-state index in [-0.39, 0.29) is 0 Å². The lowest BCUT2D eigenvalue weighted by Gasteiger charge is -2.34. The van der Waals surface area contributed by atoms with Gasteiger partial charge in [-0.2, -0.15) is 5.26 Å². The number of hydrogen-bond donors (Lipinski definition) is 0. The molecule has 0 spiro atoms. The van der Waals surface area contributed by atoms with Crippen LogP contribution in [-0.4, -0.2) is 69.5 Å². The molecule has 0 saturated carbocycles. The van der Waals surface area contributed by atoms with Crippen molar-refractivity contribution in [2.45, 2.75) is 19.9 Å². The summed E-state index contributed by atoms with van der Waals surface area (Å²) in [6.45, 7) is 9.66. The van der Waals surface area contributed by atoms with Crippen molar-refractivity contribution in [1.82, 2.24) is 9.80 Å². The van der Waals surface area contributed by atoms with E-state index in [1.54, 1.807) is 7.11 Å². The van der Waals surface area contributed by atoms with E-state index in [9.17, 15) is 0 Å². The monoisotopic (exact) mass is 347 g/mol. The molecule has 2 rings (SSSR count). The first-order valence-electron chi connectivity index (χ1n) is 8.96. The molecule has 1 heterocycles. The highest BCUT2D eigenvalue weighted by atomic mass is 16.5. The highest BCUT2D eigenvalue weighted by molar-refractivity contribution is 5.43. The Morgan fingerprint density at radius 2 is 1.84 bits per heavy atom. The highest BCUT2D eigenvalue weighted by Gasteiger charge is 2.17. The Morgan fingerprint density at radius 3 is 2.52 bits per heavy atom. The summed E-state index contributed by atoms with van der Waals surface area (Å²) in [5.74, 6) is 1.52. The van der Waals surface area contributed by atoms with Crippen molar-refractivity contribution in [1.29, 1.82) is 5.26 Å². The average Bonchev–Trinajstić information content (AvgIpc) is 2.65. The molecule has 25 heavy (non-hydrogen) atoms. The fraction of sp³-hybridized carbons (Fsp3) is 0.632. The van der Waals surface area contributed by atoms with Crippen LogP contribution in [0.3, 0.4) is 0 Å². The van der Waals surface area contributed by atoms with Crippen LogP contribution in [0.5, 0.6) is 11.5 Å². The average molecular weight is 347 g/mol. The molecule has 6 heteroatoms. The number of methoxy groups -OCH3 is 1. The minimum absolute atomic E-state index is 0.522. The third-order valence-corrected chi connectivity index (χ3v) is 4.33. The first-order valence-corrected chi connectivity index (χ1v) is 8.96. The van der Waals surface area contributed by atoms with E-state index < -0.39 is 0 Å². The fourth-order valence-corrected chi connectivity index (χ4v) is 2.92. The normalized spacial score (nSPS) is 15.7. The maximum atomic E-state index is 8.68. The van der Waals surface area contributed by atoms with Gasteiger partial charge in [-0.1, -0.05) is 6.07 Å². The summed E-state index contributed by atoms with van der Waals surface area (Å²) in [5.41, 5.74) is 1.22. The quantitative estimate of drug-likeness (QED) is 0.605. The van der Waals surface area contributed by atoms with Gasteiger partial charge in [-0.3, -0.25) is 9.80 Å². The third kappa shape index (κ3) is 6.54. The van der Waals surface area contributed by atoms with Crippen LogP contribution < -0.4 is 9.47 Å². The molecule has 1 fully saturated rings. The lowest BCUT2D eigenvalue weighted by molar-refractivity contribution is 0.109. The molecule has 0 atom stereocenters. The van der Waals surface area contributed by atoms with Crippen molar-refractivity contribution in [3.8, 4) is 17.6 Å². The van der Waals surface area contributed by atoms with Gasteiger partial charge in [0.1, 0.15) is 6.61 Å². The summed E-state index contributed by atoms with van der Waals surface area (Å²) in [7, 11) is 1.67. The third-order valence-electron chi connectivity index (χ3n) is 4.33. The standard InChI is InChI=1S/C19H29N3O3/c1-3-24-13-14-25-18-6-5-17(15-19(18)23-2)16-22-11-9-21(10-12-22)8-4-7-20/h5-6,15H,3-4,8-14,16H2,1-2H3. The molecule has 1 aliphatic rings. The second-order valence-electron chi connectivity index (χ2n) is 6.06. The molecule has 138 valence electrons. The molecular weight excluding hydrogens is 318 g/mol. The summed E-state index contributed by atoms with van der Waals surface area (Å²) in [6.07, 6.45) is 0.613. The molecule has 0 aromatic heterocycles. The molecule has 6 nitrogen and oxygen atoms in total. The first-order chi connectivity index (χ1) is 12.3. The van der Waals surface area contributed by atoms with Crippen molar-refractivity contribution in [3.63, 3.8) is 0 Å². The van der Waals surface area contributed by atoms with Gasteiger partial charge in [-0.15, -0.1) is 0 Å². The summed E-state index contributed by atoms with van der Waals surface area (Å²) in [6, 6.07) is 8.34. The molecular formula is C19H29N3O3. The second kappa shape index (κ2) is 10.9. The minimum atomic E-state index is 0.522. The van der Waals surface area contributed by atoms with Crippen LogP contribution in [0.4, 0.5) is 0 Å². The van der Waals surface area contributed by atoms with E-state index in [0.717, 1.165) is 50.8 Å². The SMILES string of the molecule is CCOCCOc1ccc(CN2CCN(CCC#N)CC2)cc1OC. The molecule has 0 unspecified atom stereocenters. The maximum absolute atomic E-state index is 8.68. The molecule has 0 amide bonds. The largest absolute Gasteiger partial charge is 0.493 e. The van der Waals surface area contributed by atoms with Crippen molar-refractivity contribution < 1.29 is 14.2 Å². The molecule has 1 aliphatic heterocycles. The van der Waals surface area contributed by atoms with Crippen LogP contribution in [0.1, 0.15) is 18.9 Å². The van der Waals surface area contributed by atoms with Crippen molar-refractivity contribution in [2.75, 3.05) is 59.7 Å². The molecule has 1 aromatic carbocycles. The fourth-order valence-electron chi connectivity index (χ4n) is 2.92.